The molecule has 2 aliphatic rings. The van der Waals surface area contributed by atoms with Crippen LogP contribution in [0.5, 0.6) is 0 Å². The fourth-order valence-electron chi connectivity index (χ4n) is 4.75. The van der Waals surface area contributed by atoms with Crippen LogP contribution in [0.15, 0.2) is 24.5 Å². The highest BCUT2D eigenvalue weighted by atomic mass is 35.5. The van der Waals surface area contributed by atoms with Crippen molar-refractivity contribution in [2.75, 3.05) is 24.5 Å². The highest BCUT2D eigenvalue weighted by Gasteiger charge is 2.41. The van der Waals surface area contributed by atoms with Gasteiger partial charge in [0.2, 0.25) is 0 Å². The standard InChI is InChI=1S/C24H29ClF3N5O3/c1-14-9-30(10-15(2)32(14)12-24(26,27)28)22(35)31-11-19-20(21(34)36-23(3,4)5)29-13-33(19)17-7-6-16(25)8-18(17)31/h6-8,13-15H,9-12H2,1-5H3/t14-,15+. The monoisotopic (exact) mass is 527 g/mol. The summed E-state index contributed by atoms with van der Waals surface area (Å²) in [4.78, 5) is 35.3. The predicted octanol–water partition coefficient (Wildman–Crippen LogP) is 4.88. The summed E-state index contributed by atoms with van der Waals surface area (Å²) < 4.78 is 46.4. The molecule has 196 valence electrons. The number of halogens is 4. The number of nitrogens with zero attached hydrogens (tertiary/aromatic N) is 5. The number of fused-ring (bicyclic) bond motifs is 3. The van der Waals surface area contributed by atoms with Gasteiger partial charge in [-0.15, -0.1) is 0 Å². The van der Waals surface area contributed by atoms with Crippen molar-refractivity contribution in [3.8, 4) is 5.69 Å². The van der Waals surface area contributed by atoms with Gasteiger partial charge in [-0.25, -0.2) is 14.6 Å². The molecule has 8 nitrogen and oxygen atoms in total. The number of esters is 1. The summed E-state index contributed by atoms with van der Waals surface area (Å²) in [6.45, 7) is 7.86. The lowest BCUT2D eigenvalue weighted by molar-refractivity contribution is -0.160. The first-order valence-corrected chi connectivity index (χ1v) is 12.0. The third kappa shape index (κ3) is 5.31. The van der Waals surface area contributed by atoms with Gasteiger partial charge in [0.1, 0.15) is 11.9 Å². The van der Waals surface area contributed by atoms with Gasteiger partial charge in [0.25, 0.3) is 0 Å². The minimum absolute atomic E-state index is 0.0201. The van der Waals surface area contributed by atoms with Gasteiger partial charge in [0.15, 0.2) is 5.69 Å². The number of amides is 2. The summed E-state index contributed by atoms with van der Waals surface area (Å²) in [5, 5.41) is 0.416. The second-order valence-corrected chi connectivity index (χ2v) is 10.7. The molecule has 2 amide bonds. The van der Waals surface area contributed by atoms with Crippen molar-refractivity contribution in [3.63, 3.8) is 0 Å². The Labute approximate surface area is 212 Å². The van der Waals surface area contributed by atoms with E-state index in [1.165, 1.54) is 16.1 Å². The van der Waals surface area contributed by atoms with Gasteiger partial charge in [0.05, 0.1) is 30.2 Å². The summed E-state index contributed by atoms with van der Waals surface area (Å²) >= 11 is 6.25. The van der Waals surface area contributed by atoms with Gasteiger partial charge >= 0.3 is 18.2 Å². The van der Waals surface area contributed by atoms with Crippen molar-refractivity contribution in [3.05, 3.63) is 40.9 Å². The van der Waals surface area contributed by atoms with Crippen LogP contribution in [0, 0.1) is 0 Å². The number of aromatic nitrogens is 2. The molecule has 12 heteroatoms. The minimum atomic E-state index is -4.33. The Morgan fingerprint density at radius 1 is 1.11 bits per heavy atom. The summed E-state index contributed by atoms with van der Waals surface area (Å²) in [7, 11) is 0. The van der Waals surface area contributed by atoms with Gasteiger partial charge in [-0.2, -0.15) is 13.2 Å². The van der Waals surface area contributed by atoms with Crippen LogP contribution in [-0.2, 0) is 11.3 Å². The molecule has 2 aliphatic heterocycles. The average molecular weight is 528 g/mol. The lowest BCUT2D eigenvalue weighted by atomic mass is 10.1. The van der Waals surface area contributed by atoms with Gasteiger partial charge in [-0.1, -0.05) is 11.6 Å². The maximum absolute atomic E-state index is 13.8. The lowest BCUT2D eigenvalue weighted by Gasteiger charge is -2.46. The third-order valence-electron chi connectivity index (χ3n) is 6.22. The molecule has 1 aromatic carbocycles. The molecule has 0 saturated carbocycles. The number of rotatable bonds is 2. The number of carbonyl (C=O) groups excluding carboxylic acids is 2. The van der Waals surface area contributed by atoms with Crippen molar-refractivity contribution >= 4 is 29.3 Å². The van der Waals surface area contributed by atoms with Crippen LogP contribution >= 0.6 is 11.6 Å². The Kier molecular flexibility index (Phi) is 6.76. The molecule has 1 fully saturated rings. The molecule has 0 unspecified atom stereocenters. The molecule has 1 saturated heterocycles. The molecule has 4 rings (SSSR count). The zero-order chi connectivity index (χ0) is 26.6. The number of anilines is 1. The maximum Gasteiger partial charge on any atom is 0.401 e. The molecule has 0 bridgehead atoms. The zero-order valence-corrected chi connectivity index (χ0v) is 21.5. The topological polar surface area (TPSA) is 70.9 Å². The normalized spacial score (nSPS) is 20.7. The van der Waals surface area contributed by atoms with E-state index in [4.69, 9.17) is 16.3 Å². The SMILES string of the molecule is C[C@@H]1CN(C(=O)N2Cc3c(C(=O)OC(C)(C)C)ncn3-c3ccc(Cl)cc32)C[C@H](C)N1CC(F)(F)F. The molecule has 2 atom stereocenters. The molecular formula is C24H29ClF3N5O3. The van der Waals surface area contributed by atoms with E-state index in [1.807, 2.05) is 0 Å². The molecule has 3 heterocycles. The first kappa shape index (κ1) is 26.3. The first-order valence-electron chi connectivity index (χ1n) is 11.6. The van der Waals surface area contributed by atoms with Crippen LogP contribution < -0.4 is 4.90 Å². The van der Waals surface area contributed by atoms with Crippen molar-refractivity contribution in [1.29, 1.82) is 0 Å². The number of alkyl halides is 3. The molecule has 0 N–H and O–H groups in total. The van der Waals surface area contributed by atoms with Crippen molar-refractivity contribution in [2.24, 2.45) is 0 Å². The van der Waals surface area contributed by atoms with Crippen LogP contribution in [0.25, 0.3) is 5.69 Å². The number of urea groups is 1. The Morgan fingerprint density at radius 3 is 2.33 bits per heavy atom. The van der Waals surface area contributed by atoms with Gasteiger partial charge in [-0.3, -0.25) is 14.4 Å². The zero-order valence-electron chi connectivity index (χ0n) is 20.8. The Hall–Kier alpha value is -2.79. The van der Waals surface area contributed by atoms with Crippen LogP contribution in [0.2, 0.25) is 5.02 Å². The van der Waals surface area contributed by atoms with E-state index in [-0.39, 0.29) is 31.4 Å². The van der Waals surface area contributed by atoms with E-state index >= 15 is 0 Å². The summed E-state index contributed by atoms with van der Waals surface area (Å²) in [5.41, 5.74) is 0.967. The largest absolute Gasteiger partial charge is 0.455 e. The molecule has 2 aromatic rings. The van der Waals surface area contributed by atoms with Crippen LogP contribution in [0.3, 0.4) is 0 Å². The Bertz CT molecular complexity index is 1160. The summed E-state index contributed by atoms with van der Waals surface area (Å²) in [6, 6.07) is 3.68. The fourth-order valence-corrected chi connectivity index (χ4v) is 4.92. The number of piperazine rings is 1. The fraction of sp³-hybridized carbons (Fsp3) is 0.542. The summed E-state index contributed by atoms with van der Waals surface area (Å²) in [5.74, 6) is -0.607. The predicted molar refractivity (Wildman–Crippen MR) is 129 cm³/mol. The van der Waals surface area contributed by atoms with E-state index in [0.717, 1.165) is 0 Å². The summed E-state index contributed by atoms with van der Waals surface area (Å²) in [6.07, 6.45) is -2.82. The van der Waals surface area contributed by atoms with Gasteiger partial charge < -0.3 is 9.64 Å². The highest BCUT2D eigenvalue weighted by molar-refractivity contribution is 6.31. The van der Waals surface area contributed by atoms with E-state index in [0.29, 0.717) is 22.1 Å². The molecule has 1 aromatic heterocycles. The molecule has 0 radical (unpaired) electrons. The number of benzene rings is 1. The van der Waals surface area contributed by atoms with Crippen LogP contribution in [0.4, 0.5) is 23.7 Å². The Balaban J connectivity index is 1.65. The third-order valence-corrected chi connectivity index (χ3v) is 6.45. The molecule has 0 spiro atoms. The molecule has 0 aliphatic carbocycles. The second kappa shape index (κ2) is 9.26. The number of carbonyl (C=O) groups is 2. The minimum Gasteiger partial charge on any atom is -0.455 e. The molecular weight excluding hydrogens is 499 g/mol. The van der Waals surface area contributed by atoms with E-state index in [2.05, 4.69) is 4.98 Å². The van der Waals surface area contributed by atoms with E-state index < -0.39 is 36.4 Å². The molecule has 36 heavy (non-hydrogen) atoms. The number of hydrogen-bond acceptors (Lipinski definition) is 5. The van der Waals surface area contributed by atoms with Gasteiger partial charge in [-0.05, 0) is 52.8 Å². The number of ether oxygens (including phenoxy) is 1. The van der Waals surface area contributed by atoms with Gasteiger partial charge in [0, 0.05) is 30.2 Å². The smallest absolute Gasteiger partial charge is 0.401 e. The number of imidazole rings is 1. The average Bonchev–Trinajstić information content (AvgIpc) is 3.17. The number of hydrogen-bond donors (Lipinski definition) is 0. The van der Waals surface area contributed by atoms with E-state index in [9.17, 15) is 22.8 Å². The maximum atomic E-state index is 13.8. The second-order valence-electron chi connectivity index (χ2n) is 10.3. The highest BCUT2D eigenvalue weighted by Crippen LogP contribution is 2.37. The van der Waals surface area contributed by atoms with E-state index in [1.54, 1.807) is 62.3 Å². The van der Waals surface area contributed by atoms with Crippen molar-refractivity contribution in [2.45, 2.75) is 65.0 Å². The Morgan fingerprint density at radius 2 is 1.75 bits per heavy atom. The van der Waals surface area contributed by atoms with Crippen LogP contribution in [-0.4, -0.2) is 74.8 Å². The quantitative estimate of drug-likeness (QED) is 0.521. The van der Waals surface area contributed by atoms with Crippen molar-refractivity contribution < 1.29 is 27.5 Å². The van der Waals surface area contributed by atoms with Crippen LogP contribution in [0.1, 0.15) is 50.8 Å². The van der Waals surface area contributed by atoms with Crippen molar-refractivity contribution in [1.82, 2.24) is 19.4 Å². The first-order chi connectivity index (χ1) is 16.6. The lowest BCUT2D eigenvalue weighted by Crippen LogP contribution is -2.61.